The summed E-state index contributed by atoms with van der Waals surface area (Å²) in [6.45, 7) is 6.50. The van der Waals surface area contributed by atoms with Gasteiger partial charge < -0.3 is 15.1 Å². The molecule has 7 nitrogen and oxygen atoms in total. The lowest BCUT2D eigenvalue weighted by atomic mass is 9.89. The molecular weight excluding hydrogens is 376 g/mol. The van der Waals surface area contributed by atoms with Crippen molar-refractivity contribution in [2.45, 2.75) is 51.5 Å². The maximum atomic E-state index is 11.7. The molecule has 4 rings (SSSR count). The van der Waals surface area contributed by atoms with E-state index >= 15 is 0 Å². The Kier molecular flexibility index (Phi) is 5.84. The van der Waals surface area contributed by atoms with Gasteiger partial charge in [-0.3, -0.25) is 4.79 Å². The van der Waals surface area contributed by atoms with Crippen molar-refractivity contribution in [1.82, 2.24) is 14.9 Å². The summed E-state index contributed by atoms with van der Waals surface area (Å²) >= 11 is 0. The SMILES string of the molecule is CC(=O)N1CCC(c2cc(Nc3cc(C#N)ccn3)nc(N3CCCC3C)c2)CC1. The monoisotopic (exact) mass is 404 g/mol. The van der Waals surface area contributed by atoms with Crippen molar-refractivity contribution in [2.75, 3.05) is 29.9 Å². The minimum Gasteiger partial charge on any atom is -0.354 e. The van der Waals surface area contributed by atoms with Gasteiger partial charge in [0.05, 0.1) is 11.6 Å². The molecular formula is C23H28N6O. The quantitative estimate of drug-likeness (QED) is 0.834. The molecule has 0 radical (unpaired) electrons. The second-order valence-electron chi connectivity index (χ2n) is 8.28. The third kappa shape index (κ3) is 4.38. The summed E-state index contributed by atoms with van der Waals surface area (Å²) in [5, 5.41) is 12.5. The van der Waals surface area contributed by atoms with Gasteiger partial charge in [0, 0.05) is 38.8 Å². The summed E-state index contributed by atoms with van der Waals surface area (Å²) in [5.41, 5.74) is 1.81. The van der Waals surface area contributed by atoms with Crippen LogP contribution in [0.3, 0.4) is 0 Å². The van der Waals surface area contributed by atoms with E-state index in [-0.39, 0.29) is 5.91 Å². The molecule has 2 aromatic heterocycles. The highest BCUT2D eigenvalue weighted by Crippen LogP contribution is 2.34. The van der Waals surface area contributed by atoms with Gasteiger partial charge in [0.15, 0.2) is 0 Å². The van der Waals surface area contributed by atoms with Crippen molar-refractivity contribution in [3.8, 4) is 6.07 Å². The zero-order valence-electron chi connectivity index (χ0n) is 17.6. The summed E-state index contributed by atoms with van der Waals surface area (Å²) in [5.74, 6) is 2.91. The lowest BCUT2D eigenvalue weighted by Gasteiger charge is -2.32. The Morgan fingerprint density at radius 3 is 2.63 bits per heavy atom. The van der Waals surface area contributed by atoms with Crippen molar-refractivity contribution < 1.29 is 4.79 Å². The fraction of sp³-hybridized carbons (Fsp3) is 0.478. The molecule has 0 bridgehead atoms. The number of hydrogen-bond acceptors (Lipinski definition) is 6. The Morgan fingerprint density at radius 2 is 1.97 bits per heavy atom. The number of likely N-dealkylation sites (tertiary alicyclic amines) is 1. The van der Waals surface area contributed by atoms with Gasteiger partial charge in [-0.15, -0.1) is 0 Å². The van der Waals surface area contributed by atoms with Crippen molar-refractivity contribution in [3.05, 3.63) is 41.6 Å². The Balaban J connectivity index is 1.63. The number of anilines is 3. The fourth-order valence-corrected chi connectivity index (χ4v) is 4.48. The molecule has 2 aliphatic rings. The van der Waals surface area contributed by atoms with Crippen LogP contribution >= 0.6 is 0 Å². The van der Waals surface area contributed by atoms with Crippen LogP contribution in [-0.4, -0.2) is 46.5 Å². The predicted molar refractivity (Wildman–Crippen MR) is 117 cm³/mol. The van der Waals surface area contributed by atoms with Crippen molar-refractivity contribution >= 4 is 23.4 Å². The van der Waals surface area contributed by atoms with Crippen LogP contribution in [0.4, 0.5) is 17.5 Å². The lowest BCUT2D eigenvalue weighted by molar-refractivity contribution is -0.129. The van der Waals surface area contributed by atoms with E-state index in [1.807, 2.05) is 4.90 Å². The summed E-state index contributed by atoms with van der Waals surface area (Å²) < 4.78 is 0. The molecule has 1 unspecified atom stereocenters. The molecule has 2 saturated heterocycles. The van der Waals surface area contributed by atoms with Gasteiger partial charge in [-0.25, -0.2) is 9.97 Å². The van der Waals surface area contributed by atoms with Gasteiger partial charge in [-0.05, 0) is 68.4 Å². The van der Waals surface area contributed by atoms with Gasteiger partial charge in [0.2, 0.25) is 5.91 Å². The van der Waals surface area contributed by atoms with Crippen molar-refractivity contribution in [2.24, 2.45) is 0 Å². The molecule has 1 N–H and O–H groups in total. The van der Waals surface area contributed by atoms with Crippen LogP contribution in [-0.2, 0) is 4.79 Å². The standard InChI is InChI=1S/C23H28N6O/c1-16-4-3-9-29(16)23-14-20(19-6-10-28(11-7-19)17(2)30)13-22(27-23)26-21-12-18(15-24)5-8-25-21/h5,8,12-14,16,19H,3-4,6-7,9-11H2,1-2H3,(H,25,26,27). The molecule has 4 heterocycles. The molecule has 0 saturated carbocycles. The molecule has 1 atom stereocenters. The molecule has 7 heteroatoms. The first-order valence-electron chi connectivity index (χ1n) is 10.7. The Bertz CT molecular complexity index is 960. The first-order valence-corrected chi connectivity index (χ1v) is 10.7. The molecule has 2 fully saturated rings. The largest absolute Gasteiger partial charge is 0.354 e. The first kappa shape index (κ1) is 20.1. The molecule has 0 aliphatic carbocycles. The van der Waals surface area contributed by atoms with E-state index in [9.17, 15) is 4.79 Å². The van der Waals surface area contributed by atoms with Crippen molar-refractivity contribution in [3.63, 3.8) is 0 Å². The fourth-order valence-electron chi connectivity index (χ4n) is 4.48. The average Bonchev–Trinajstić information content (AvgIpc) is 3.19. The number of piperidine rings is 1. The smallest absolute Gasteiger partial charge is 0.219 e. The summed E-state index contributed by atoms with van der Waals surface area (Å²) in [6.07, 6.45) is 5.90. The van der Waals surface area contributed by atoms with Crippen LogP contribution in [0.2, 0.25) is 0 Å². The number of aromatic nitrogens is 2. The number of hydrogen-bond donors (Lipinski definition) is 1. The number of carbonyl (C=O) groups is 1. The van der Waals surface area contributed by atoms with Crippen LogP contribution in [0, 0.1) is 11.3 Å². The summed E-state index contributed by atoms with van der Waals surface area (Å²) in [6, 6.07) is 10.4. The van der Waals surface area contributed by atoms with Gasteiger partial charge in [0.1, 0.15) is 17.5 Å². The number of pyridine rings is 2. The van der Waals surface area contributed by atoms with Gasteiger partial charge in [-0.2, -0.15) is 5.26 Å². The number of carbonyl (C=O) groups excluding carboxylic acids is 1. The van der Waals surface area contributed by atoms with E-state index in [4.69, 9.17) is 10.2 Å². The minimum absolute atomic E-state index is 0.153. The van der Waals surface area contributed by atoms with E-state index < -0.39 is 0 Å². The summed E-state index contributed by atoms with van der Waals surface area (Å²) in [7, 11) is 0. The van der Waals surface area contributed by atoms with Crippen LogP contribution in [0.25, 0.3) is 0 Å². The highest BCUT2D eigenvalue weighted by Gasteiger charge is 2.26. The van der Waals surface area contributed by atoms with E-state index in [2.05, 4.69) is 40.3 Å². The Labute approximate surface area is 177 Å². The van der Waals surface area contributed by atoms with E-state index in [1.165, 1.54) is 18.4 Å². The topological polar surface area (TPSA) is 85.2 Å². The van der Waals surface area contributed by atoms with Crippen LogP contribution in [0.1, 0.15) is 56.6 Å². The van der Waals surface area contributed by atoms with Crippen LogP contribution < -0.4 is 10.2 Å². The van der Waals surface area contributed by atoms with E-state index in [0.717, 1.165) is 44.1 Å². The molecule has 2 aromatic rings. The zero-order chi connectivity index (χ0) is 21.1. The second-order valence-corrected chi connectivity index (χ2v) is 8.28. The highest BCUT2D eigenvalue weighted by atomic mass is 16.2. The highest BCUT2D eigenvalue weighted by molar-refractivity contribution is 5.73. The maximum Gasteiger partial charge on any atom is 0.219 e. The number of nitriles is 1. The third-order valence-corrected chi connectivity index (χ3v) is 6.24. The Hall–Kier alpha value is -3.14. The Morgan fingerprint density at radius 1 is 1.17 bits per heavy atom. The van der Waals surface area contributed by atoms with E-state index in [1.54, 1.807) is 25.3 Å². The third-order valence-electron chi connectivity index (χ3n) is 6.24. The lowest BCUT2D eigenvalue weighted by Crippen LogP contribution is -2.36. The zero-order valence-corrected chi connectivity index (χ0v) is 17.6. The average molecular weight is 405 g/mol. The van der Waals surface area contributed by atoms with Crippen LogP contribution in [0.15, 0.2) is 30.5 Å². The number of nitrogens with one attached hydrogen (secondary N) is 1. The molecule has 0 spiro atoms. The van der Waals surface area contributed by atoms with Gasteiger partial charge in [-0.1, -0.05) is 0 Å². The number of nitrogens with zero attached hydrogens (tertiary/aromatic N) is 5. The van der Waals surface area contributed by atoms with Gasteiger partial charge >= 0.3 is 0 Å². The van der Waals surface area contributed by atoms with Crippen LogP contribution in [0.5, 0.6) is 0 Å². The van der Waals surface area contributed by atoms with Crippen molar-refractivity contribution in [1.29, 1.82) is 5.26 Å². The first-order chi connectivity index (χ1) is 14.5. The van der Waals surface area contributed by atoms with Gasteiger partial charge in [0.25, 0.3) is 0 Å². The predicted octanol–water partition coefficient (Wildman–Crippen LogP) is 3.81. The maximum absolute atomic E-state index is 11.7. The summed E-state index contributed by atoms with van der Waals surface area (Å²) in [4.78, 5) is 25.2. The molecule has 156 valence electrons. The number of amides is 1. The molecule has 30 heavy (non-hydrogen) atoms. The normalized spacial score (nSPS) is 19.6. The molecule has 0 aromatic carbocycles. The minimum atomic E-state index is 0.153. The molecule has 2 aliphatic heterocycles. The number of rotatable bonds is 4. The van der Waals surface area contributed by atoms with E-state index in [0.29, 0.717) is 23.3 Å². The molecule has 1 amide bonds. The second kappa shape index (κ2) is 8.70.